The van der Waals surface area contributed by atoms with Crippen molar-refractivity contribution in [3.63, 3.8) is 0 Å². The molecule has 0 bridgehead atoms. The first kappa shape index (κ1) is 14.6. The van der Waals surface area contributed by atoms with Crippen LogP contribution < -0.4 is 10.6 Å². The van der Waals surface area contributed by atoms with Crippen LogP contribution in [0.3, 0.4) is 0 Å². The molecule has 0 aromatic carbocycles. The highest BCUT2D eigenvalue weighted by Gasteiger charge is 2.06. The average molecular weight is 227 g/mol. The number of carbonyl (C=O) groups excluding carboxylic acids is 1. The van der Waals surface area contributed by atoms with Crippen LogP contribution in [0.5, 0.6) is 0 Å². The Balaban J connectivity index is 3.64. The monoisotopic (exact) mass is 227 g/mol. The second kappa shape index (κ2) is 8.84. The average Bonchev–Trinajstić information content (AvgIpc) is 2.25. The van der Waals surface area contributed by atoms with Gasteiger partial charge in [-0.25, -0.2) is 0 Å². The van der Waals surface area contributed by atoms with Crippen molar-refractivity contribution in [2.45, 2.75) is 13.0 Å². The number of nitrogens with zero attached hydrogens (tertiary/aromatic N) is 3. The minimum atomic E-state index is -0.382. The van der Waals surface area contributed by atoms with Gasteiger partial charge in [0.1, 0.15) is 6.04 Å². The number of likely N-dealkylation sites (N-methyl/N-ethyl adjacent to an activating group) is 2. The van der Waals surface area contributed by atoms with Gasteiger partial charge < -0.3 is 15.5 Å². The number of nitrogens with one attached hydrogen (secondary N) is 2. The van der Waals surface area contributed by atoms with E-state index in [9.17, 15) is 4.79 Å². The third-order valence-corrected chi connectivity index (χ3v) is 1.84. The number of aliphatic imine (C=N–C) groups is 2. The molecular weight excluding hydrogens is 206 g/mol. The van der Waals surface area contributed by atoms with Crippen LogP contribution in [0.25, 0.3) is 0 Å². The van der Waals surface area contributed by atoms with Crippen LogP contribution in [0, 0.1) is 0 Å². The zero-order valence-electron chi connectivity index (χ0n) is 10.4. The van der Waals surface area contributed by atoms with E-state index in [1.807, 2.05) is 14.1 Å². The molecule has 1 atom stereocenters. The summed E-state index contributed by atoms with van der Waals surface area (Å²) >= 11 is 0. The van der Waals surface area contributed by atoms with Crippen molar-refractivity contribution in [1.82, 2.24) is 15.5 Å². The molecule has 0 aliphatic rings. The van der Waals surface area contributed by atoms with Gasteiger partial charge in [0.2, 0.25) is 5.91 Å². The summed E-state index contributed by atoms with van der Waals surface area (Å²) in [7, 11) is 5.58. The number of hydrogen-bond acceptors (Lipinski definition) is 4. The van der Waals surface area contributed by atoms with Gasteiger partial charge in [-0.2, -0.15) is 0 Å². The van der Waals surface area contributed by atoms with Crippen LogP contribution >= 0.6 is 0 Å². The second-order valence-electron chi connectivity index (χ2n) is 3.57. The molecule has 0 saturated carbocycles. The van der Waals surface area contributed by atoms with Crippen molar-refractivity contribution in [3.05, 3.63) is 0 Å². The van der Waals surface area contributed by atoms with E-state index in [0.29, 0.717) is 0 Å². The van der Waals surface area contributed by atoms with Crippen molar-refractivity contribution in [1.29, 1.82) is 0 Å². The van der Waals surface area contributed by atoms with E-state index < -0.39 is 0 Å². The van der Waals surface area contributed by atoms with Gasteiger partial charge in [0.25, 0.3) is 0 Å². The maximum Gasteiger partial charge on any atom is 0.244 e. The summed E-state index contributed by atoms with van der Waals surface area (Å²) in [5.41, 5.74) is 0. The van der Waals surface area contributed by atoms with Gasteiger partial charge in [-0.15, -0.1) is 0 Å². The normalized spacial score (nSPS) is 13.6. The Morgan fingerprint density at radius 1 is 1.44 bits per heavy atom. The van der Waals surface area contributed by atoms with Crippen molar-refractivity contribution >= 4 is 18.6 Å². The zero-order valence-corrected chi connectivity index (χ0v) is 10.4. The third-order valence-electron chi connectivity index (χ3n) is 1.84. The van der Waals surface area contributed by atoms with E-state index in [1.165, 1.54) is 6.34 Å². The molecule has 0 aliphatic heterocycles. The molecule has 16 heavy (non-hydrogen) atoms. The van der Waals surface area contributed by atoms with Crippen LogP contribution in [0.4, 0.5) is 0 Å². The van der Waals surface area contributed by atoms with Crippen molar-refractivity contribution in [3.8, 4) is 0 Å². The van der Waals surface area contributed by atoms with E-state index in [2.05, 4.69) is 25.5 Å². The molecule has 1 unspecified atom stereocenters. The lowest BCUT2D eigenvalue weighted by molar-refractivity contribution is -0.121. The highest BCUT2D eigenvalue weighted by Crippen LogP contribution is 1.85. The predicted octanol–water partition coefficient (Wildman–Crippen LogP) is -0.671. The number of rotatable bonds is 7. The van der Waals surface area contributed by atoms with Crippen molar-refractivity contribution in [2.75, 3.05) is 34.2 Å². The molecule has 0 rings (SSSR count). The fourth-order valence-electron chi connectivity index (χ4n) is 0.840. The van der Waals surface area contributed by atoms with Crippen LogP contribution in [0.2, 0.25) is 0 Å². The van der Waals surface area contributed by atoms with Crippen LogP contribution in [-0.4, -0.2) is 63.8 Å². The molecule has 1 amide bonds. The highest BCUT2D eigenvalue weighted by atomic mass is 16.2. The summed E-state index contributed by atoms with van der Waals surface area (Å²) in [4.78, 5) is 21.2. The first-order valence-corrected chi connectivity index (χ1v) is 5.20. The first-order valence-electron chi connectivity index (χ1n) is 5.20. The SMILES string of the molecule is CNC(=O)C(C)N=CNC=NCCN(C)C. The smallest absolute Gasteiger partial charge is 0.244 e. The maximum absolute atomic E-state index is 11.1. The topological polar surface area (TPSA) is 69.1 Å². The van der Waals surface area contributed by atoms with Crippen LogP contribution in [0.1, 0.15) is 6.92 Å². The molecule has 6 heteroatoms. The molecule has 92 valence electrons. The summed E-state index contributed by atoms with van der Waals surface area (Å²) in [5.74, 6) is -0.109. The molecule has 0 radical (unpaired) electrons. The van der Waals surface area contributed by atoms with E-state index in [1.54, 1.807) is 20.3 Å². The molecule has 6 nitrogen and oxygen atoms in total. The van der Waals surface area contributed by atoms with Gasteiger partial charge in [-0.1, -0.05) is 0 Å². The van der Waals surface area contributed by atoms with Gasteiger partial charge in [-0.05, 0) is 21.0 Å². The Labute approximate surface area is 96.8 Å². The van der Waals surface area contributed by atoms with Crippen LogP contribution in [0.15, 0.2) is 9.98 Å². The molecule has 0 aromatic rings. The third kappa shape index (κ3) is 7.93. The lowest BCUT2D eigenvalue weighted by Crippen LogP contribution is -2.29. The van der Waals surface area contributed by atoms with Gasteiger partial charge in [0, 0.05) is 13.6 Å². The molecule has 0 fully saturated rings. The van der Waals surface area contributed by atoms with Crippen molar-refractivity contribution in [2.24, 2.45) is 9.98 Å². The molecule has 2 N–H and O–H groups in total. The second-order valence-corrected chi connectivity index (χ2v) is 3.57. The molecular formula is C10H21N5O. The summed E-state index contributed by atoms with van der Waals surface area (Å²) in [6.45, 7) is 3.36. The standard InChI is InChI=1S/C10H21N5O/c1-9(10(16)11-2)14-8-13-7-12-5-6-15(3)4/h7-9H,5-6H2,1-4H3,(H,11,16)(H,12,13,14). The summed E-state index contributed by atoms with van der Waals surface area (Å²) < 4.78 is 0. The summed E-state index contributed by atoms with van der Waals surface area (Å²) in [5, 5.41) is 5.31. The van der Waals surface area contributed by atoms with E-state index >= 15 is 0 Å². The van der Waals surface area contributed by atoms with Gasteiger partial charge >= 0.3 is 0 Å². The maximum atomic E-state index is 11.1. The van der Waals surface area contributed by atoms with Gasteiger partial charge in [0.15, 0.2) is 0 Å². The summed E-state index contributed by atoms with van der Waals surface area (Å²) in [6, 6.07) is -0.382. The molecule has 0 heterocycles. The number of carbonyl (C=O) groups is 1. The Morgan fingerprint density at radius 3 is 2.69 bits per heavy atom. The fraction of sp³-hybridized carbons (Fsp3) is 0.700. The Kier molecular flexibility index (Phi) is 8.05. The Bertz CT molecular complexity index is 250. The highest BCUT2D eigenvalue weighted by molar-refractivity contribution is 5.83. The molecule has 0 saturated heterocycles. The molecule has 0 spiro atoms. The Morgan fingerprint density at radius 2 is 2.12 bits per heavy atom. The van der Waals surface area contributed by atoms with E-state index in [0.717, 1.165) is 13.1 Å². The zero-order chi connectivity index (χ0) is 12.4. The van der Waals surface area contributed by atoms with Gasteiger partial charge in [-0.3, -0.25) is 14.8 Å². The number of hydrogen-bond donors (Lipinski definition) is 2. The largest absolute Gasteiger partial charge is 0.357 e. The Hall–Kier alpha value is -1.43. The predicted molar refractivity (Wildman–Crippen MR) is 67.1 cm³/mol. The van der Waals surface area contributed by atoms with Gasteiger partial charge in [0.05, 0.1) is 19.2 Å². The minimum Gasteiger partial charge on any atom is -0.357 e. The van der Waals surface area contributed by atoms with E-state index in [-0.39, 0.29) is 11.9 Å². The fourth-order valence-corrected chi connectivity index (χ4v) is 0.840. The minimum absolute atomic E-state index is 0.109. The lowest BCUT2D eigenvalue weighted by Gasteiger charge is -2.05. The van der Waals surface area contributed by atoms with E-state index in [4.69, 9.17) is 0 Å². The lowest BCUT2D eigenvalue weighted by atomic mass is 10.3. The molecule has 0 aliphatic carbocycles. The van der Waals surface area contributed by atoms with Crippen molar-refractivity contribution < 1.29 is 4.79 Å². The number of amides is 1. The molecule has 0 aromatic heterocycles. The summed E-state index contributed by atoms with van der Waals surface area (Å²) in [6.07, 6.45) is 3.04. The quantitative estimate of drug-likeness (QED) is 0.447. The first-order chi connectivity index (χ1) is 7.57. The van der Waals surface area contributed by atoms with Crippen LogP contribution in [-0.2, 0) is 4.79 Å².